The fraction of sp³-hybridized carbons (Fsp3) is 0.188. The second kappa shape index (κ2) is 4.30. The largest absolute Gasteiger partial charge is 0.453 e. The first-order valence-corrected chi connectivity index (χ1v) is 6.04. The summed E-state index contributed by atoms with van der Waals surface area (Å²) in [6.45, 7) is 3.42. The molecule has 1 aliphatic carbocycles. The van der Waals surface area contributed by atoms with E-state index >= 15 is 0 Å². The lowest BCUT2D eigenvalue weighted by molar-refractivity contribution is 0.181. The molecule has 0 saturated carbocycles. The number of rotatable bonds is 3. The van der Waals surface area contributed by atoms with Crippen LogP contribution in [0.25, 0.3) is 16.8 Å². The lowest BCUT2D eigenvalue weighted by Gasteiger charge is -2.17. The number of benzene rings is 2. The molecule has 2 aromatic rings. The summed E-state index contributed by atoms with van der Waals surface area (Å²) in [5.41, 5.74) is 2.45. The Morgan fingerprint density at radius 2 is 2.06 bits per heavy atom. The summed E-state index contributed by atoms with van der Waals surface area (Å²) in [4.78, 5) is 10.3. The van der Waals surface area contributed by atoms with Gasteiger partial charge in [-0.3, -0.25) is 0 Å². The van der Waals surface area contributed by atoms with Gasteiger partial charge in [-0.1, -0.05) is 48.6 Å². The molecule has 0 amide bonds. The van der Waals surface area contributed by atoms with Crippen LogP contribution in [0.2, 0.25) is 0 Å². The highest BCUT2D eigenvalue weighted by Crippen LogP contribution is 2.37. The van der Waals surface area contributed by atoms with Crippen LogP contribution < -0.4 is 0 Å². The molecule has 3 rings (SSSR count). The van der Waals surface area contributed by atoms with E-state index in [9.17, 15) is 4.79 Å². The van der Waals surface area contributed by atoms with Gasteiger partial charge in [0.25, 0.3) is 0 Å². The van der Waals surface area contributed by atoms with E-state index in [-0.39, 0.29) is 12.0 Å². The first-order valence-electron chi connectivity index (χ1n) is 6.04. The molecule has 2 heteroatoms. The third-order valence-corrected chi connectivity index (χ3v) is 3.57. The van der Waals surface area contributed by atoms with E-state index in [1.54, 1.807) is 0 Å². The Balaban J connectivity index is 2.10. The molecule has 1 aliphatic rings. The number of fused-ring (bicyclic) bond motifs is 3. The van der Waals surface area contributed by atoms with Gasteiger partial charge < -0.3 is 4.74 Å². The zero-order chi connectivity index (χ0) is 12.5. The van der Waals surface area contributed by atoms with Gasteiger partial charge in [0.05, 0.1) is 0 Å². The first kappa shape index (κ1) is 11.0. The van der Waals surface area contributed by atoms with Crippen LogP contribution in [0.1, 0.15) is 24.0 Å². The van der Waals surface area contributed by atoms with Gasteiger partial charge in [0, 0.05) is 5.92 Å². The standard InChI is InChI=1S/C16H13O2/c1-11(18-10-17)13-8-9-16-14-5-3-2-4-12(14)6-7-15(13)16/h2-9,11,13H,1H3. The zero-order valence-corrected chi connectivity index (χ0v) is 10.1. The molecule has 0 heterocycles. The molecule has 0 saturated heterocycles. The van der Waals surface area contributed by atoms with Crippen molar-refractivity contribution in [1.82, 2.24) is 0 Å². The minimum absolute atomic E-state index is 0.131. The quantitative estimate of drug-likeness (QED) is 0.817. The van der Waals surface area contributed by atoms with E-state index in [0.29, 0.717) is 0 Å². The van der Waals surface area contributed by atoms with Crippen molar-refractivity contribution < 1.29 is 9.53 Å². The van der Waals surface area contributed by atoms with Gasteiger partial charge in [0.15, 0.2) is 0 Å². The Hall–Kier alpha value is -2.09. The molecule has 0 bridgehead atoms. The Labute approximate surface area is 106 Å². The molecule has 1 radical (unpaired) electrons. The Morgan fingerprint density at radius 3 is 2.89 bits per heavy atom. The third kappa shape index (κ3) is 1.61. The third-order valence-electron chi connectivity index (χ3n) is 3.57. The summed E-state index contributed by atoms with van der Waals surface area (Å²) >= 11 is 0. The maximum atomic E-state index is 10.3. The van der Waals surface area contributed by atoms with E-state index in [2.05, 4.69) is 36.4 Å². The fourth-order valence-electron chi connectivity index (χ4n) is 2.65. The first-order chi connectivity index (χ1) is 8.81. The molecule has 0 N–H and O–H groups in total. The molecule has 0 spiro atoms. The highest BCUT2D eigenvalue weighted by molar-refractivity contribution is 5.93. The minimum atomic E-state index is -0.179. The molecule has 0 aliphatic heterocycles. The molecular weight excluding hydrogens is 224 g/mol. The number of carbonyl (C=O) groups excluding carboxylic acids is 1. The van der Waals surface area contributed by atoms with Crippen LogP contribution in [-0.2, 0) is 9.53 Å². The van der Waals surface area contributed by atoms with E-state index in [4.69, 9.17) is 4.74 Å². The van der Waals surface area contributed by atoms with Gasteiger partial charge in [0.2, 0.25) is 0 Å². The van der Waals surface area contributed by atoms with Gasteiger partial charge in [-0.2, -0.15) is 0 Å². The Morgan fingerprint density at radius 1 is 1.22 bits per heavy atom. The van der Waals surface area contributed by atoms with Gasteiger partial charge in [0.1, 0.15) is 6.10 Å². The molecule has 0 aromatic heterocycles. The lowest BCUT2D eigenvalue weighted by atomic mass is 9.93. The molecule has 2 nitrogen and oxygen atoms in total. The van der Waals surface area contributed by atoms with Crippen molar-refractivity contribution in [2.45, 2.75) is 18.9 Å². The van der Waals surface area contributed by atoms with Crippen molar-refractivity contribution in [1.29, 1.82) is 0 Å². The molecule has 0 fully saturated rings. The molecule has 2 atom stereocenters. The average Bonchev–Trinajstić information content (AvgIpc) is 2.83. The van der Waals surface area contributed by atoms with Crippen LogP contribution in [-0.4, -0.2) is 12.6 Å². The van der Waals surface area contributed by atoms with Crippen LogP contribution in [0.3, 0.4) is 0 Å². The topological polar surface area (TPSA) is 26.3 Å². The highest BCUT2D eigenvalue weighted by atomic mass is 16.5. The maximum absolute atomic E-state index is 10.3. The van der Waals surface area contributed by atoms with Crippen LogP contribution in [0.4, 0.5) is 0 Å². The predicted octanol–water partition coefficient (Wildman–Crippen LogP) is 3.42. The molecular formula is C16H13O2. The normalized spacial score (nSPS) is 18.6. The SMILES string of the molecule is CC(O[C]=O)C1C=Cc2c1ccc1ccccc21. The smallest absolute Gasteiger partial charge is 0.417 e. The molecule has 18 heavy (non-hydrogen) atoms. The van der Waals surface area contributed by atoms with E-state index in [0.717, 1.165) is 0 Å². The summed E-state index contributed by atoms with van der Waals surface area (Å²) in [5, 5.41) is 2.48. The second-order valence-corrected chi connectivity index (χ2v) is 4.58. The van der Waals surface area contributed by atoms with Crippen molar-refractivity contribution in [2.75, 3.05) is 0 Å². The van der Waals surface area contributed by atoms with Crippen LogP contribution in [0.15, 0.2) is 42.5 Å². The van der Waals surface area contributed by atoms with Gasteiger partial charge >= 0.3 is 6.47 Å². The van der Waals surface area contributed by atoms with Crippen LogP contribution >= 0.6 is 0 Å². The number of ether oxygens (including phenoxy) is 1. The zero-order valence-electron chi connectivity index (χ0n) is 10.1. The van der Waals surface area contributed by atoms with Crippen molar-refractivity contribution in [3.8, 4) is 0 Å². The van der Waals surface area contributed by atoms with Gasteiger partial charge in [-0.15, -0.1) is 0 Å². The highest BCUT2D eigenvalue weighted by Gasteiger charge is 2.25. The fourth-order valence-corrected chi connectivity index (χ4v) is 2.65. The molecule has 2 aromatic carbocycles. The molecule has 89 valence electrons. The number of hydrogen-bond donors (Lipinski definition) is 0. The van der Waals surface area contributed by atoms with E-state index < -0.39 is 0 Å². The van der Waals surface area contributed by atoms with Crippen molar-refractivity contribution in [3.63, 3.8) is 0 Å². The number of hydrogen-bond acceptors (Lipinski definition) is 2. The van der Waals surface area contributed by atoms with Gasteiger partial charge in [-0.05, 0) is 28.8 Å². The van der Waals surface area contributed by atoms with Crippen LogP contribution in [0.5, 0.6) is 0 Å². The average molecular weight is 237 g/mol. The lowest BCUT2D eigenvalue weighted by Crippen LogP contribution is -2.15. The van der Waals surface area contributed by atoms with Crippen LogP contribution in [0, 0.1) is 0 Å². The van der Waals surface area contributed by atoms with E-state index in [1.807, 2.05) is 19.1 Å². The Bertz CT molecular complexity index is 628. The summed E-state index contributed by atoms with van der Waals surface area (Å²) in [7, 11) is 0. The summed E-state index contributed by atoms with van der Waals surface area (Å²) < 4.78 is 4.94. The monoisotopic (exact) mass is 237 g/mol. The predicted molar refractivity (Wildman–Crippen MR) is 72.0 cm³/mol. The minimum Gasteiger partial charge on any atom is -0.453 e. The molecule has 2 unspecified atom stereocenters. The summed E-state index contributed by atoms with van der Waals surface area (Å²) in [5.74, 6) is 0.131. The second-order valence-electron chi connectivity index (χ2n) is 4.58. The van der Waals surface area contributed by atoms with Crippen molar-refractivity contribution >= 4 is 23.3 Å². The Kier molecular flexibility index (Phi) is 2.63. The van der Waals surface area contributed by atoms with Gasteiger partial charge in [-0.25, -0.2) is 4.79 Å². The summed E-state index contributed by atoms with van der Waals surface area (Å²) in [6, 6.07) is 12.5. The van der Waals surface area contributed by atoms with Crippen molar-refractivity contribution in [3.05, 3.63) is 53.6 Å². The van der Waals surface area contributed by atoms with Crippen molar-refractivity contribution in [2.24, 2.45) is 0 Å². The maximum Gasteiger partial charge on any atom is 0.417 e. The summed E-state index contributed by atoms with van der Waals surface area (Å²) in [6.07, 6.45) is 4.03. The van der Waals surface area contributed by atoms with E-state index in [1.165, 1.54) is 28.4 Å².